The van der Waals surface area contributed by atoms with E-state index in [0.717, 1.165) is 0 Å². The number of likely N-dealkylation sites (N-methyl/N-ethyl adjacent to an activating group) is 1. The highest BCUT2D eigenvalue weighted by Crippen LogP contribution is 2.48. The average molecular weight is 171 g/mol. The summed E-state index contributed by atoms with van der Waals surface area (Å²) in [4.78, 5) is 0. The molecular formula is C9H17NS. The molecule has 0 aromatic rings. The van der Waals surface area contributed by atoms with Crippen molar-refractivity contribution in [2.24, 2.45) is 0 Å². The van der Waals surface area contributed by atoms with Gasteiger partial charge in [0.25, 0.3) is 0 Å². The molecule has 0 amide bonds. The first-order chi connectivity index (χ1) is 5.22. The van der Waals surface area contributed by atoms with Gasteiger partial charge in [-0.25, -0.2) is 0 Å². The summed E-state index contributed by atoms with van der Waals surface area (Å²) in [6.07, 6.45) is 9.55. The topological polar surface area (TPSA) is 12.0 Å². The van der Waals surface area contributed by atoms with E-state index in [2.05, 4.69) is 30.6 Å². The lowest BCUT2D eigenvalue weighted by molar-refractivity contribution is 0.726. The molecule has 1 unspecified atom stereocenters. The molecule has 1 saturated carbocycles. The zero-order chi connectivity index (χ0) is 8.32. The van der Waals surface area contributed by atoms with Crippen molar-refractivity contribution in [3.05, 3.63) is 12.2 Å². The predicted octanol–water partition coefficient (Wildman–Crippen LogP) is 2.05. The maximum Gasteiger partial charge on any atom is 0.0337 e. The molecule has 1 N–H and O–H groups in total. The zero-order valence-electron chi connectivity index (χ0n) is 7.55. The molecule has 1 atom stereocenters. The minimum absolute atomic E-state index is 0.514. The number of rotatable bonds is 4. The summed E-state index contributed by atoms with van der Waals surface area (Å²) < 4.78 is 0.519. The van der Waals surface area contributed by atoms with Gasteiger partial charge in [0.1, 0.15) is 0 Å². The smallest absolute Gasteiger partial charge is 0.0337 e. The Morgan fingerprint density at radius 3 is 2.55 bits per heavy atom. The van der Waals surface area contributed by atoms with Gasteiger partial charge in [-0.3, -0.25) is 0 Å². The molecule has 0 aromatic carbocycles. The van der Waals surface area contributed by atoms with Gasteiger partial charge in [-0.05, 0) is 33.1 Å². The van der Waals surface area contributed by atoms with Gasteiger partial charge in [0, 0.05) is 10.8 Å². The number of hydrogen-bond acceptors (Lipinski definition) is 2. The molecule has 0 heterocycles. The van der Waals surface area contributed by atoms with Gasteiger partial charge >= 0.3 is 0 Å². The second kappa shape index (κ2) is 3.63. The van der Waals surface area contributed by atoms with E-state index in [0.29, 0.717) is 10.8 Å². The van der Waals surface area contributed by atoms with Crippen LogP contribution in [0.15, 0.2) is 12.2 Å². The molecule has 0 bridgehead atoms. The predicted molar refractivity (Wildman–Crippen MR) is 53.1 cm³/mol. The van der Waals surface area contributed by atoms with E-state index in [1.807, 2.05) is 18.8 Å². The normalized spacial score (nSPS) is 23.9. The van der Waals surface area contributed by atoms with Crippen LogP contribution in [-0.2, 0) is 0 Å². The van der Waals surface area contributed by atoms with Crippen molar-refractivity contribution >= 4 is 11.8 Å². The number of thioether (sulfide) groups is 1. The van der Waals surface area contributed by atoms with Crippen LogP contribution < -0.4 is 5.32 Å². The molecule has 2 heteroatoms. The third kappa shape index (κ3) is 2.53. The highest BCUT2D eigenvalue weighted by molar-refractivity contribution is 8.00. The first-order valence-electron chi connectivity index (χ1n) is 4.14. The van der Waals surface area contributed by atoms with E-state index in [4.69, 9.17) is 0 Å². The van der Waals surface area contributed by atoms with Crippen molar-refractivity contribution in [2.45, 2.75) is 30.6 Å². The van der Waals surface area contributed by atoms with Crippen LogP contribution in [0.4, 0.5) is 0 Å². The van der Waals surface area contributed by atoms with E-state index in [-0.39, 0.29) is 0 Å². The molecule has 0 radical (unpaired) electrons. The molecule has 1 rings (SSSR count). The lowest BCUT2D eigenvalue weighted by Gasteiger charge is -2.07. The van der Waals surface area contributed by atoms with E-state index >= 15 is 0 Å². The van der Waals surface area contributed by atoms with Crippen LogP contribution in [-0.4, -0.2) is 24.1 Å². The van der Waals surface area contributed by atoms with Crippen LogP contribution in [0.25, 0.3) is 0 Å². The molecule has 1 aliphatic rings. The van der Waals surface area contributed by atoms with E-state index in [9.17, 15) is 0 Å². The van der Waals surface area contributed by atoms with Gasteiger partial charge in [-0.1, -0.05) is 12.2 Å². The second-order valence-corrected chi connectivity index (χ2v) is 4.43. The second-order valence-electron chi connectivity index (χ2n) is 3.21. The number of hydrogen-bond donors (Lipinski definition) is 1. The van der Waals surface area contributed by atoms with E-state index < -0.39 is 0 Å². The Hall–Kier alpha value is 0.0500. The molecule has 11 heavy (non-hydrogen) atoms. The molecule has 64 valence electrons. The van der Waals surface area contributed by atoms with Gasteiger partial charge < -0.3 is 5.32 Å². The summed E-state index contributed by atoms with van der Waals surface area (Å²) in [5.74, 6) is 0. The lowest BCUT2D eigenvalue weighted by Crippen LogP contribution is -2.18. The van der Waals surface area contributed by atoms with Gasteiger partial charge in [0.05, 0.1) is 0 Å². The molecular weight excluding hydrogens is 154 g/mol. The molecule has 1 aliphatic carbocycles. The van der Waals surface area contributed by atoms with Gasteiger partial charge in [-0.2, -0.15) is 11.8 Å². The quantitative estimate of drug-likeness (QED) is 0.650. The first kappa shape index (κ1) is 9.14. The van der Waals surface area contributed by atoms with Gasteiger partial charge in [0.2, 0.25) is 0 Å². The highest BCUT2D eigenvalue weighted by atomic mass is 32.2. The SMILES string of the molecule is CNC(C)/C=C/C1(SC)CC1. The fourth-order valence-electron chi connectivity index (χ4n) is 0.978. The van der Waals surface area contributed by atoms with Crippen molar-refractivity contribution in [1.82, 2.24) is 5.32 Å². The minimum atomic E-state index is 0.514. The Morgan fingerprint density at radius 1 is 1.55 bits per heavy atom. The summed E-state index contributed by atoms with van der Waals surface area (Å²) in [5.41, 5.74) is 0. The van der Waals surface area contributed by atoms with Crippen LogP contribution in [0.5, 0.6) is 0 Å². The minimum Gasteiger partial charge on any atom is -0.314 e. The first-order valence-corrected chi connectivity index (χ1v) is 5.37. The van der Waals surface area contributed by atoms with Gasteiger partial charge in [0.15, 0.2) is 0 Å². The van der Waals surface area contributed by atoms with Crippen molar-refractivity contribution < 1.29 is 0 Å². The molecule has 0 spiro atoms. The van der Waals surface area contributed by atoms with Gasteiger partial charge in [-0.15, -0.1) is 0 Å². The van der Waals surface area contributed by atoms with Crippen molar-refractivity contribution in [3.63, 3.8) is 0 Å². The summed E-state index contributed by atoms with van der Waals surface area (Å²) in [6, 6.07) is 0.514. The third-order valence-electron chi connectivity index (χ3n) is 2.29. The van der Waals surface area contributed by atoms with Crippen LogP contribution in [0.2, 0.25) is 0 Å². The average Bonchev–Trinajstić information content (AvgIpc) is 2.81. The molecule has 0 aromatic heterocycles. The van der Waals surface area contributed by atoms with Crippen molar-refractivity contribution in [2.75, 3.05) is 13.3 Å². The Bertz CT molecular complexity index is 150. The monoisotopic (exact) mass is 171 g/mol. The molecule has 1 fully saturated rings. The highest BCUT2D eigenvalue weighted by Gasteiger charge is 2.38. The van der Waals surface area contributed by atoms with Crippen LogP contribution in [0, 0.1) is 0 Å². The van der Waals surface area contributed by atoms with Crippen LogP contribution in [0.1, 0.15) is 19.8 Å². The van der Waals surface area contributed by atoms with Crippen molar-refractivity contribution in [1.29, 1.82) is 0 Å². The Morgan fingerprint density at radius 2 is 2.18 bits per heavy atom. The summed E-state index contributed by atoms with van der Waals surface area (Å²) in [5, 5.41) is 3.19. The third-order valence-corrected chi connectivity index (χ3v) is 3.65. The Balaban J connectivity index is 2.34. The fraction of sp³-hybridized carbons (Fsp3) is 0.778. The standard InChI is InChI=1S/C9H17NS/c1-8(10-2)4-5-9(11-3)6-7-9/h4-5,8,10H,6-7H2,1-3H3/b5-4+. The number of nitrogens with one attached hydrogen (secondary N) is 1. The van der Waals surface area contributed by atoms with E-state index in [1.54, 1.807) is 0 Å². The van der Waals surface area contributed by atoms with Crippen LogP contribution in [0.3, 0.4) is 0 Å². The van der Waals surface area contributed by atoms with Crippen LogP contribution >= 0.6 is 11.8 Å². The summed E-state index contributed by atoms with van der Waals surface area (Å²) >= 11 is 1.98. The van der Waals surface area contributed by atoms with Crippen molar-refractivity contribution in [3.8, 4) is 0 Å². The maximum atomic E-state index is 3.19. The largest absolute Gasteiger partial charge is 0.314 e. The molecule has 1 nitrogen and oxygen atoms in total. The maximum absolute atomic E-state index is 3.19. The molecule has 0 saturated heterocycles. The lowest BCUT2D eigenvalue weighted by atomic mass is 10.2. The summed E-state index contributed by atoms with van der Waals surface area (Å²) in [6.45, 7) is 2.17. The van der Waals surface area contributed by atoms with E-state index in [1.165, 1.54) is 12.8 Å². The zero-order valence-corrected chi connectivity index (χ0v) is 8.37. The Labute approximate surface area is 73.6 Å². The fourth-order valence-corrected chi connectivity index (χ4v) is 1.70. The summed E-state index contributed by atoms with van der Waals surface area (Å²) in [7, 11) is 1.99. The molecule has 0 aliphatic heterocycles. The Kier molecular flexibility index (Phi) is 3.02.